The third-order valence-electron chi connectivity index (χ3n) is 3.45. The first-order chi connectivity index (χ1) is 11.9. The Hall–Kier alpha value is -1.98. The van der Waals surface area contributed by atoms with Crippen LogP contribution in [0.1, 0.15) is 31.1 Å². The van der Waals surface area contributed by atoms with Crippen molar-refractivity contribution in [2.75, 3.05) is 12.4 Å². The first kappa shape index (κ1) is 19.3. The fourth-order valence-electron chi connectivity index (χ4n) is 2.29. The topological polar surface area (TPSA) is 84.5 Å². The van der Waals surface area contributed by atoms with Gasteiger partial charge in [0, 0.05) is 5.39 Å². The number of nitrogens with one attached hydrogen (secondary N) is 2. The summed E-state index contributed by atoms with van der Waals surface area (Å²) >= 11 is 1.26. The third-order valence-corrected chi connectivity index (χ3v) is 5.90. The van der Waals surface area contributed by atoms with Crippen molar-refractivity contribution in [3.63, 3.8) is 0 Å². The minimum Gasteiger partial charge on any atom is -0.495 e. The molecule has 2 rings (SSSR count). The van der Waals surface area contributed by atoms with Crippen molar-refractivity contribution in [3.8, 4) is 5.75 Å². The highest BCUT2D eigenvalue weighted by molar-refractivity contribution is 7.58. The molecular weight excluding hydrogens is 359 g/mol. The molecule has 0 radical (unpaired) electrons. The number of aldehydes is 1. The highest BCUT2D eigenvalue weighted by Gasteiger charge is 2.20. The lowest BCUT2D eigenvalue weighted by molar-refractivity contribution is -0.112. The molecule has 1 heterocycles. The lowest BCUT2D eigenvalue weighted by atomic mass is 10.2. The molecule has 2 amide bonds. The van der Waals surface area contributed by atoms with Crippen molar-refractivity contribution >= 4 is 52.8 Å². The van der Waals surface area contributed by atoms with Gasteiger partial charge in [-0.15, -0.1) is 11.3 Å². The fraction of sp³-hybridized carbons (Fsp3) is 0.353. The number of methoxy groups -OCH3 is 1. The summed E-state index contributed by atoms with van der Waals surface area (Å²) in [5.74, 6) is 0.640. The number of carbonyl (C=O) groups is 3. The zero-order valence-corrected chi connectivity index (χ0v) is 16.3. The number of rotatable bonds is 7. The van der Waals surface area contributed by atoms with E-state index in [0.29, 0.717) is 22.6 Å². The van der Waals surface area contributed by atoms with Gasteiger partial charge in [0.25, 0.3) is 0 Å². The molecule has 1 aromatic heterocycles. The molecular formula is C17H21N2O4PS. The summed E-state index contributed by atoms with van der Waals surface area (Å²) in [5.41, 5.74) is 0.660. The zero-order valence-electron chi connectivity index (χ0n) is 14.5. The second kappa shape index (κ2) is 8.41. The van der Waals surface area contributed by atoms with E-state index in [4.69, 9.17) is 4.74 Å². The van der Waals surface area contributed by atoms with E-state index in [2.05, 4.69) is 10.6 Å². The second-order valence-electron chi connectivity index (χ2n) is 5.78. The minimum atomic E-state index is -0.579. The normalized spacial score (nSPS) is 12.5. The molecule has 0 saturated carbocycles. The van der Waals surface area contributed by atoms with Crippen molar-refractivity contribution in [2.45, 2.75) is 32.5 Å². The van der Waals surface area contributed by atoms with E-state index in [9.17, 15) is 14.4 Å². The Morgan fingerprint density at radius 2 is 2.00 bits per heavy atom. The molecule has 0 aliphatic rings. The number of anilines is 1. The molecule has 2 atom stereocenters. The Balaban J connectivity index is 2.18. The van der Waals surface area contributed by atoms with Crippen LogP contribution in [-0.4, -0.2) is 36.7 Å². The van der Waals surface area contributed by atoms with Crippen LogP contribution in [0, 0.1) is 0 Å². The average molecular weight is 380 g/mol. The smallest absolute Gasteiger partial charge is 0.320 e. The predicted octanol–water partition coefficient (Wildman–Crippen LogP) is 3.85. The van der Waals surface area contributed by atoms with Crippen LogP contribution in [0.25, 0.3) is 10.1 Å². The molecule has 2 aromatic rings. The number of hydrogen-bond donors (Lipinski definition) is 2. The summed E-state index contributed by atoms with van der Waals surface area (Å²) in [6.07, 6.45) is 0.711. The maximum Gasteiger partial charge on any atom is 0.320 e. The standard InChI is InChI=1S/C17H21N2O4PS/c1-9(2)24-16(21)10(3)18-17(22)19-15-12(8-20)11-6-5-7-13(23-4)14(11)25-15/h5-10,24H,1-4H3,(H2,18,19,22)/t10-/m1/s1. The Morgan fingerprint density at radius 3 is 2.60 bits per heavy atom. The lowest BCUT2D eigenvalue weighted by Crippen LogP contribution is -2.39. The predicted molar refractivity (Wildman–Crippen MR) is 104 cm³/mol. The van der Waals surface area contributed by atoms with Gasteiger partial charge in [0.15, 0.2) is 11.8 Å². The average Bonchev–Trinajstić information content (AvgIpc) is 2.90. The highest BCUT2D eigenvalue weighted by atomic mass is 32.1. The number of fused-ring (bicyclic) bond motifs is 1. The highest BCUT2D eigenvalue weighted by Crippen LogP contribution is 2.39. The van der Waals surface area contributed by atoms with Crippen LogP contribution in [0.3, 0.4) is 0 Å². The van der Waals surface area contributed by atoms with Crippen LogP contribution in [0.5, 0.6) is 5.75 Å². The van der Waals surface area contributed by atoms with Gasteiger partial charge < -0.3 is 10.1 Å². The van der Waals surface area contributed by atoms with E-state index >= 15 is 0 Å². The van der Waals surface area contributed by atoms with E-state index in [1.54, 1.807) is 32.2 Å². The number of carbonyl (C=O) groups excluding carboxylic acids is 3. The number of thiophene rings is 1. The van der Waals surface area contributed by atoms with Gasteiger partial charge in [0.2, 0.25) is 0 Å². The minimum absolute atomic E-state index is 0.00114. The van der Waals surface area contributed by atoms with Gasteiger partial charge in [-0.3, -0.25) is 14.9 Å². The van der Waals surface area contributed by atoms with Crippen molar-refractivity contribution in [2.24, 2.45) is 0 Å². The monoisotopic (exact) mass is 380 g/mol. The largest absolute Gasteiger partial charge is 0.495 e. The quantitative estimate of drug-likeness (QED) is 0.564. The fourth-order valence-corrected chi connectivity index (χ4v) is 4.34. The van der Waals surface area contributed by atoms with Gasteiger partial charge >= 0.3 is 6.03 Å². The third kappa shape index (κ3) is 4.55. The molecule has 0 aliphatic carbocycles. The van der Waals surface area contributed by atoms with Crippen molar-refractivity contribution < 1.29 is 19.1 Å². The maximum absolute atomic E-state index is 12.2. The Labute approximate surface area is 152 Å². The van der Waals surface area contributed by atoms with Crippen LogP contribution in [-0.2, 0) is 4.79 Å². The maximum atomic E-state index is 12.2. The van der Waals surface area contributed by atoms with E-state index < -0.39 is 12.1 Å². The van der Waals surface area contributed by atoms with Crippen LogP contribution in [0.4, 0.5) is 9.80 Å². The summed E-state index contributed by atoms with van der Waals surface area (Å²) in [6.45, 7) is 5.58. The van der Waals surface area contributed by atoms with E-state index in [1.807, 2.05) is 13.8 Å². The molecule has 25 heavy (non-hydrogen) atoms. The molecule has 1 unspecified atom stereocenters. The molecule has 2 N–H and O–H groups in total. The molecule has 0 fully saturated rings. The molecule has 0 saturated heterocycles. The molecule has 0 bridgehead atoms. The lowest BCUT2D eigenvalue weighted by Gasteiger charge is -2.14. The van der Waals surface area contributed by atoms with Crippen molar-refractivity contribution in [1.82, 2.24) is 5.32 Å². The summed E-state index contributed by atoms with van der Waals surface area (Å²) < 4.78 is 6.09. The van der Waals surface area contributed by atoms with Crippen LogP contribution in [0.2, 0.25) is 0 Å². The van der Waals surface area contributed by atoms with Gasteiger partial charge in [-0.1, -0.05) is 26.0 Å². The van der Waals surface area contributed by atoms with Gasteiger partial charge in [-0.05, 0) is 27.2 Å². The number of hydrogen-bond acceptors (Lipinski definition) is 5. The number of ether oxygens (including phenoxy) is 1. The van der Waals surface area contributed by atoms with Crippen LogP contribution < -0.4 is 15.4 Å². The molecule has 1 aromatic carbocycles. The first-order valence-electron chi connectivity index (χ1n) is 7.80. The Morgan fingerprint density at radius 1 is 1.28 bits per heavy atom. The van der Waals surface area contributed by atoms with Gasteiger partial charge in [0.1, 0.15) is 10.8 Å². The summed E-state index contributed by atoms with van der Waals surface area (Å²) in [6, 6.07) is 4.30. The molecule has 0 spiro atoms. The summed E-state index contributed by atoms with van der Waals surface area (Å²) in [4.78, 5) is 35.7. The molecule has 134 valence electrons. The first-order valence-corrected chi connectivity index (χ1v) is 9.69. The van der Waals surface area contributed by atoms with E-state index in [-0.39, 0.29) is 19.8 Å². The Bertz CT molecular complexity index is 803. The number of urea groups is 1. The van der Waals surface area contributed by atoms with E-state index in [0.717, 1.165) is 10.1 Å². The van der Waals surface area contributed by atoms with Crippen LogP contribution >= 0.6 is 19.9 Å². The van der Waals surface area contributed by atoms with Gasteiger partial charge in [-0.2, -0.15) is 0 Å². The zero-order chi connectivity index (χ0) is 18.6. The second-order valence-corrected chi connectivity index (χ2v) is 8.74. The number of amides is 2. The molecule has 6 nitrogen and oxygen atoms in total. The van der Waals surface area contributed by atoms with E-state index in [1.165, 1.54) is 11.3 Å². The molecule has 8 heteroatoms. The van der Waals surface area contributed by atoms with Gasteiger partial charge in [0.05, 0.1) is 23.4 Å². The van der Waals surface area contributed by atoms with Crippen molar-refractivity contribution in [3.05, 3.63) is 23.8 Å². The Kier molecular flexibility index (Phi) is 6.51. The van der Waals surface area contributed by atoms with Crippen molar-refractivity contribution in [1.29, 1.82) is 0 Å². The van der Waals surface area contributed by atoms with Crippen LogP contribution in [0.15, 0.2) is 18.2 Å². The molecule has 0 aliphatic heterocycles. The summed E-state index contributed by atoms with van der Waals surface area (Å²) in [7, 11) is 1.70. The SMILES string of the molecule is COc1cccc2c(C=O)c(NC(=O)N[C@H](C)C(=O)PC(C)C)sc12. The van der Waals surface area contributed by atoms with Gasteiger partial charge in [-0.25, -0.2) is 4.79 Å². The summed E-state index contributed by atoms with van der Waals surface area (Å²) in [5, 5.41) is 6.45. The number of benzene rings is 1.